The van der Waals surface area contributed by atoms with Crippen LogP contribution in [-0.4, -0.2) is 40.6 Å². The molecule has 1 fully saturated rings. The summed E-state index contributed by atoms with van der Waals surface area (Å²) in [5, 5.41) is 3.61. The highest BCUT2D eigenvalue weighted by atomic mass is 15.1. The molecule has 4 heteroatoms. The molecular weight excluding hydrogens is 236 g/mol. The largest absolute Gasteiger partial charge is 0.331 e. The summed E-state index contributed by atoms with van der Waals surface area (Å²) in [6.45, 7) is 12.5. The van der Waals surface area contributed by atoms with E-state index in [0.717, 1.165) is 19.0 Å². The zero-order valence-corrected chi connectivity index (χ0v) is 12.6. The number of aromatic nitrogens is 2. The minimum atomic E-state index is 0.493. The number of rotatable bonds is 6. The van der Waals surface area contributed by atoms with Crippen molar-refractivity contribution in [3.63, 3.8) is 0 Å². The van der Waals surface area contributed by atoms with Gasteiger partial charge in [0.15, 0.2) is 0 Å². The number of piperidine rings is 1. The quantitative estimate of drug-likeness (QED) is 0.856. The van der Waals surface area contributed by atoms with E-state index in [9.17, 15) is 0 Å². The third-order valence-electron chi connectivity index (χ3n) is 4.20. The Morgan fingerprint density at radius 1 is 1.37 bits per heavy atom. The van der Waals surface area contributed by atoms with Crippen molar-refractivity contribution in [2.45, 2.75) is 46.2 Å². The topological polar surface area (TPSA) is 33.1 Å². The van der Waals surface area contributed by atoms with Crippen molar-refractivity contribution in [3.8, 4) is 0 Å². The molecule has 1 aliphatic heterocycles. The fourth-order valence-corrected chi connectivity index (χ4v) is 2.85. The van der Waals surface area contributed by atoms with Crippen molar-refractivity contribution in [1.29, 1.82) is 0 Å². The van der Waals surface area contributed by atoms with Gasteiger partial charge in [0.2, 0.25) is 0 Å². The molecule has 108 valence electrons. The molecule has 0 radical (unpaired) electrons. The third-order valence-corrected chi connectivity index (χ3v) is 4.20. The second-order valence-corrected chi connectivity index (χ2v) is 5.89. The zero-order valence-electron chi connectivity index (χ0n) is 12.6. The Morgan fingerprint density at radius 3 is 2.74 bits per heavy atom. The smallest absolute Gasteiger partial charge is 0.0951 e. The van der Waals surface area contributed by atoms with Gasteiger partial charge < -0.3 is 14.8 Å². The molecule has 0 aliphatic carbocycles. The summed E-state index contributed by atoms with van der Waals surface area (Å²) in [5.74, 6) is 0.846. The van der Waals surface area contributed by atoms with Crippen molar-refractivity contribution >= 4 is 0 Å². The first kappa shape index (κ1) is 14.5. The van der Waals surface area contributed by atoms with E-state index in [1.807, 2.05) is 12.5 Å². The number of hydrogen-bond acceptors (Lipinski definition) is 3. The standard InChI is InChI=1S/C15H28N4/c1-4-18-7-5-14(6-8-18)9-16-10-15-11-17-12-19(15)13(2)3/h11-14,16H,4-10H2,1-3H3. The van der Waals surface area contributed by atoms with Crippen LogP contribution in [0, 0.1) is 5.92 Å². The molecule has 0 amide bonds. The average Bonchev–Trinajstić information content (AvgIpc) is 2.88. The number of nitrogens with one attached hydrogen (secondary N) is 1. The van der Waals surface area contributed by atoms with E-state index in [1.54, 1.807) is 0 Å². The van der Waals surface area contributed by atoms with Crippen molar-refractivity contribution in [3.05, 3.63) is 18.2 Å². The van der Waals surface area contributed by atoms with E-state index in [-0.39, 0.29) is 0 Å². The van der Waals surface area contributed by atoms with Crippen LogP contribution in [0.2, 0.25) is 0 Å². The summed E-state index contributed by atoms with van der Waals surface area (Å²) < 4.78 is 2.24. The Bertz CT molecular complexity index is 364. The predicted octanol–water partition coefficient (Wildman–Crippen LogP) is 2.29. The highest BCUT2D eigenvalue weighted by Gasteiger charge is 2.17. The molecule has 1 aromatic heterocycles. The summed E-state index contributed by atoms with van der Waals surface area (Å²) in [6.07, 6.45) is 6.59. The van der Waals surface area contributed by atoms with Gasteiger partial charge >= 0.3 is 0 Å². The molecule has 0 spiro atoms. The van der Waals surface area contributed by atoms with E-state index in [4.69, 9.17) is 0 Å². The Kier molecular flexibility index (Phi) is 5.40. The Hall–Kier alpha value is -0.870. The summed E-state index contributed by atoms with van der Waals surface area (Å²) in [5.41, 5.74) is 1.29. The molecule has 2 rings (SSSR count). The number of imidazole rings is 1. The fraction of sp³-hybridized carbons (Fsp3) is 0.800. The molecule has 19 heavy (non-hydrogen) atoms. The lowest BCUT2D eigenvalue weighted by Gasteiger charge is -2.31. The monoisotopic (exact) mass is 264 g/mol. The Morgan fingerprint density at radius 2 is 2.11 bits per heavy atom. The number of likely N-dealkylation sites (tertiary alicyclic amines) is 1. The van der Waals surface area contributed by atoms with Crippen molar-refractivity contribution in [2.75, 3.05) is 26.2 Å². The van der Waals surface area contributed by atoms with Gasteiger partial charge in [0, 0.05) is 18.8 Å². The molecule has 0 aromatic carbocycles. The molecule has 0 bridgehead atoms. The van der Waals surface area contributed by atoms with E-state index in [2.05, 4.69) is 40.5 Å². The van der Waals surface area contributed by atoms with E-state index in [1.165, 1.54) is 38.2 Å². The van der Waals surface area contributed by atoms with Gasteiger partial charge in [-0.1, -0.05) is 6.92 Å². The maximum absolute atomic E-state index is 4.25. The lowest BCUT2D eigenvalue weighted by Crippen LogP contribution is -2.37. The lowest BCUT2D eigenvalue weighted by atomic mass is 9.97. The van der Waals surface area contributed by atoms with Crippen LogP contribution >= 0.6 is 0 Å². The van der Waals surface area contributed by atoms with Crippen molar-refractivity contribution < 1.29 is 0 Å². The maximum Gasteiger partial charge on any atom is 0.0951 e. The molecule has 4 nitrogen and oxygen atoms in total. The van der Waals surface area contributed by atoms with Crippen LogP contribution in [0.3, 0.4) is 0 Å². The molecule has 1 aliphatic rings. The molecular formula is C15H28N4. The summed E-state index contributed by atoms with van der Waals surface area (Å²) >= 11 is 0. The number of nitrogens with zero attached hydrogens (tertiary/aromatic N) is 3. The minimum absolute atomic E-state index is 0.493. The molecule has 2 heterocycles. The highest BCUT2D eigenvalue weighted by Crippen LogP contribution is 2.16. The van der Waals surface area contributed by atoms with Gasteiger partial charge in [0.25, 0.3) is 0 Å². The van der Waals surface area contributed by atoms with Gasteiger partial charge in [-0.3, -0.25) is 0 Å². The number of hydrogen-bond donors (Lipinski definition) is 1. The van der Waals surface area contributed by atoms with Crippen LogP contribution < -0.4 is 5.32 Å². The Balaban J connectivity index is 1.71. The van der Waals surface area contributed by atoms with Gasteiger partial charge in [-0.2, -0.15) is 0 Å². The first-order valence-corrected chi connectivity index (χ1v) is 7.64. The van der Waals surface area contributed by atoms with Crippen molar-refractivity contribution in [1.82, 2.24) is 19.8 Å². The molecule has 0 unspecified atom stereocenters. The Labute approximate surface area is 117 Å². The van der Waals surface area contributed by atoms with Gasteiger partial charge in [-0.25, -0.2) is 4.98 Å². The third kappa shape index (κ3) is 4.05. The minimum Gasteiger partial charge on any atom is -0.331 e. The normalized spacial score (nSPS) is 18.3. The second kappa shape index (κ2) is 7.06. The SMILES string of the molecule is CCN1CCC(CNCc2cncn2C(C)C)CC1. The van der Waals surface area contributed by atoms with Gasteiger partial charge in [-0.15, -0.1) is 0 Å². The summed E-state index contributed by atoms with van der Waals surface area (Å²) in [4.78, 5) is 6.79. The van der Waals surface area contributed by atoms with E-state index < -0.39 is 0 Å². The first-order chi connectivity index (χ1) is 9.20. The van der Waals surface area contributed by atoms with E-state index >= 15 is 0 Å². The average molecular weight is 264 g/mol. The second-order valence-electron chi connectivity index (χ2n) is 5.89. The summed E-state index contributed by atoms with van der Waals surface area (Å²) in [7, 11) is 0. The molecule has 0 atom stereocenters. The molecule has 0 saturated carbocycles. The van der Waals surface area contributed by atoms with Gasteiger partial charge in [0.1, 0.15) is 0 Å². The van der Waals surface area contributed by atoms with Gasteiger partial charge in [-0.05, 0) is 58.8 Å². The molecule has 1 aromatic rings. The van der Waals surface area contributed by atoms with Crippen LogP contribution in [-0.2, 0) is 6.54 Å². The highest BCUT2D eigenvalue weighted by molar-refractivity contribution is 4.99. The lowest BCUT2D eigenvalue weighted by molar-refractivity contribution is 0.190. The van der Waals surface area contributed by atoms with Crippen molar-refractivity contribution in [2.24, 2.45) is 5.92 Å². The van der Waals surface area contributed by atoms with Gasteiger partial charge in [0.05, 0.1) is 12.0 Å². The maximum atomic E-state index is 4.25. The molecule has 1 saturated heterocycles. The van der Waals surface area contributed by atoms with Crippen LogP contribution in [0.4, 0.5) is 0 Å². The van der Waals surface area contributed by atoms with Crippen LogP contribution in [0.5, 0.6) is 0 Å². The van der Waals surface area contributed by atoms with Crippen LogP contribution in [0.1, 0.15) is 45.3 Å². The predicted molar refractivity (Wildman–Crippen MR) is 79.2 cm³/mol. The molecule has 1 N–H and O–H groups in total. The van der Waals surface area contributed by atoms with E-state index in [0.29, 0.717) is 6.04 Å². The summed E-state index contributed by atoms with van der Waals surface area (Å²) in [6, 6.07) is 0.493. The zero-order chi connectivity index (χ0) is 13.7. The van der Waals surface area contributed by atoms with Crippen LogP contribution in [0.15, 0.2) is 12.5 Å². The van der Waals surface area contributed by atoms with Crippen LogP contribution in [0.25, 0.3) is 0 Å². The fourth-order valence-electron chi connectivity index (χ4n) is 2.85. The first-order valence-electron chi connectivity index (χ1n) is 7.64.